The minimum Gasteiger partial charge on any atom is -0.310 e. The number of fused-ring (bicyclic) bond motifs is 1. The Bertz CT molecular complexity index is 926. The number of halogens is 4. The van der Waals surface area contributed by atoms with Gasteiger partial charge in [-0.3, -0.25) is 10.6 Å². The molecule has 0 spiro atoms. The second kappa shape index (κ2) is 10.7. The van der Waals surface area contributed by atoms with E-state index in [1.807, 2.05) is 31.1 Å². The van der Waals surface area contributed by atoms with Crippen molar-refractivity contribution >= 4 is 34.1 Å². The third-order valence-electron chi connectivity index (χ3n) is 5.11. The normalized spacial score (nSPS) is 21.7. The Balaban J connectivity index is 1.60. The van der Waals surface area contributed by atoms with E-state index >= 15 is 0 Å². The summed E-state index contributed by atoms with van der Waals surface area (Å²) >= 11 is 6.01. The van der Waals surface area contributed by atoms with Crippen molar-refractivity contribution < 1.29 is 18.0 Å². The van der Waals surface area contributed by atoms with E-state index in [1.54, 1.807) is 24.3 Å². The summed E-state index contributed by atoms with van der Waals surface area (Å²) < 4.78 is 40.2. The molecule has 0 aliphatic carbocycles. The molecule has 2 aromatic carbocycles. The van der Waals surface area contributed by atoms with Gasteiger partial charge in [0, 0.05) is 17.1 Å². The minimum absolute atomic E-state index is 0.184. The Morgan fingerprint density at radius 2 is 1.91 bits per heavy atom. The molecule has 32 heavy (non-hydrogen) atoms. The number of benzene rings is 2. The summed E-state index contributed by atoms with van der Waals surface area (Å²) in [5.41, 5.74) is 0.499. The van der Waals surface area contributed by atoms with E-state index in [0.29, 0.717) is 17.3 Å². The molecule has 1 aliphatic heterocycles. The Morgan fingerprint density at radius 1 is 1.16 bits per heavy atom. The topological polar surface area (TPSA) is 80.5 Å². The number of anilines is 1. The molecule has 11 heteroatoms. The quantitative estimate of drug-likeness (QED) is 0.400. The van der Waals surface area contributed by atoms with Gasteiger partial charge in [0.05, 0.1) is 6.17 Å². The lowest BCUT2D eigenvalue weighted by atomic mass is 10.1. The lowest BCUT2D eigenvalue weighted by Crippen LogP contribution is -2.70. The summed E-state index contributed by atoms with van der Waals surface area (Å²) in [4.78, 5) is 14.5. The Labute approximate surface area is 190 Å². The Hall–Kier alpha value is -2.11. The Kier molecular flexibility index (Phi) is 8.18. The van der Waals surface area contributed by atoms with Crippen LogP contribution in [0, 0.1) is 0 Å². The molecule has 7 nitrogen and oxygen atoms in total. The van der Waals surface area contributed by atoms with Crippen LogP contribution in [0.1, 0.15) is 12.8 Å². The monoisotopic (exact) mass is 472 g/mol. The molecule has 3 rings (SSSR count). The van der Waals surface area contributed by atoms with Crippen LogP contribution in [-0.2, 0) is 0 Å². The lowest BCUT2D eigenvalue weighted by molar-refractivity contribution is -0.167. The summed E-state index contributed by atoms with van der Waals surface area (Å²) in [7, 11) is 3.87. The highest BCUT2D eigenvalue weighted by molar-refractivity contribution is 6.31. The van der Waals surface area contributed by atoms with Gasteiger partial charge in [-0.1, -0.05) is 23.7 Å². The number of alkyl halides is 3. The van der Waals surface area contributed by atoms with E-state index in [2.05, 4.69) is 26.6 Å². The number of urea groups is 1. The molecule has 1 saturated heterocycles. The van der Waals surface area contributed by atoms with Gasteiger partial charge in [-0.2, -0.15) is 13.2 Å². The van der Waals surface area contributed by atoms with Crippen molar-refractivity contribution in [3.63, 3.8) is 0 Å². The van der Waals surface area contributed by atoms with E-state index in [9.17, 15) is 18.0 Å². The van der Waals surface area contributed by atoms with Gasteiger partial charge in [0.2, 0.25) is 0 Å². The minimum atomic E-state index is -4.43. The zero-order valence-electron chi connectivity index (χ0n) is 17.9. The van der Waals surface area contributed by atoms with Crippen LogP contribution in [0.25, 0.3) is 10.8 Å². The van der Waals surface area contributed by atoms with E-state index in [-0.39, 0.29) is 6.42 Å². The fraction of sp³-hybridized carbons (Fsp3) is 0.476. The number of nitrogens with one attached hydrogen (secondary N) is 5. The van der Waals surface area contributed by atoms with Crippen molar-refractivity contribution in [1.82, 2.24) is 26.2 Å². The number of hydrogen-bond acceptors (Lipinski definition) is 5. The van der Waals surface area contributed by atoms with Crippen molar-refractivity contribution in [2.75, 3.05) is 32.5 Å². The first-order valence-electron chi connectivity index (χ1n) is 10.3. The number of carbonyl (C=O) groups is 1. The predicted molar refractivity (Wildman–Crippen MR) is 121 cm³/mol. The summed E-state index contributed by atoms with van der Waals surface area (Å²) in [6, 6.07) is 8.30. The van der Waals surface area contributed by atoms with Gasteiger partial charge >= 0.3 is 12.2 Å². The SMILES string of the molecule is CN(C)CCCNC1CC(C(F)(F)F)NC(NC(=O)Nc2ccc3ccc(Cl)cc3c2)N1. The number of rotatable bonds is 7. The number of carbonyl (C=O) groups excluding carboxylic acids is 1. The zero-order valence-corrected chi connectivity index (χ0v) is 18.6. The second-order valence-corrected chi connectivity index (χ2v) is 8.50. The van der Waals surface area contributed by atoms with Gasteiger partial charge in [0.15, 0.2) is 0 Å². The standard InChI is InChI=1S/C21H28ClF3N6O/c1-31(2)9-3-8-26-18-12-17(21(23,24)25)28-19(29-18)30-20(32)27-16-7-5-13-4-6-15(22)10-14(13)11-16/h4-7,10-11,17-19,26,28-29H,3,8-9,12H2,1-2H3,(H2,27,30,32). The number of amides is 2. The number of nitrogens with zero attached hydrogens (tertiary/aromatic N) is 1. The molecular formula is C21H28ClF3N6O. The second-order valence-electron chi connectivity index (χ2n) is 8.06. The molecule has 0 bridgehead atoms. The van der Waals surface area contributed by atoms with Crippen molar-refractivity contribution in [2.24, 2.45) is 0 Å². The van der Waals surface area contributed by atoms with Crippen LogP contribution in [0.2, 0.25) is 5.02 Å². The van der Waals surface area contributed by atoms with Crippen LogP contribution in [0.3, 0.4) is 0 Å². The van der Waals surface area contributed by atoms with E-state index < -0.39 is 30.7 Å². The van der Waals surface area contributed by atoms with Crippen LogP contribution >= 0.6 is 11.6 Å². The largest absolute Gasteiger partial charge is 0.404 e. The van der Waals surface area contributed by atoms with Gasteiger partial charge in [-0.05, 0) is 68.6 Å². The van der Waals surface area contributed by atoms with Crippen molar-refractivity contribution in [3.05, 3.63) is 41.4 Å². The molecular weight excluding hydrogens is 445 g/mol. The van der Waals surface area contributed by atoms with Gasteiger partial charge in [-0.25, -0.2) is 4.79 Å². The molecule has 3 atom stereocenters. The van der Waals surface area contributed by atoms with Crippen LogP contribution < -0.4 is 26.6 Å². The highest BCUT2D eigenvalue weighted by Crippen LogP contribution is 2.25. The average Bonchev–Trinajstić information content (AvgIpc) is 2.70. The van der Waals surface area contributed by atoms with Crippen molar-refractivity contribution in [3.8, 4) is 0 Å². The van der Waals surface area contributed by atoms with Gasteiger partial charge in [-0.15, -0.1) is 0 Å². The van der Waals surface area contributed by atoms with Crippen LogP contribution in [0.5, 0.6) is 0 Å². The zero-order chi connectivity index (χ0) is 23.3. The fourth-order valence-corrected chi connectivity index (χ4v) is 3.72. The van der Waals surface area contributed by atoms with Crippen LogP contribution in [0.15, 0.2) is 36.4 Å². The van der Waals surface area contributed by atoms with Crippen LogP contribution in [-0.4, -0.2) is 62.8 Å². The van der Waals surface area contributed by atoms with Gasteiger partial charge in [0.1, 0.15) is 12.3 Å². The highest BCUT2D eigenvalue weighted by Gasteiger charge is 2.44. The highest BCUT2D eigenvalue weighted by atomic mass is 35.5. The number of hydrogen-bond donors (Lipinski definition) is 5. The molecule has 0 aromatic heterocycles. The first-order valence-corrected chi connectivity index (χ1v) is 10.7. The first-order chi connectivity index (χ1) is 15.1. The molecule has 5 N–H and O–H groups in total. The molecule has 1 fully saturated rings. The summed E-state index contributed by atoms with van der Waals surface area (Å²) in [5, 5.41) is 16.0. The summed E-state index contributed by atoms with van der Waals surface area (Å²) in [5.74, 6) is 0. The van der Waals surface area contributed by atoms with E-state index in [4.69, 9.17) is 11.6 Å². The molecule has 1 heterocycles. The summed E-state index contributed by atoms with van der Waals surface area (Å²) in [6.45, 7) is 1.38. The first kappa shape index (κ1) is 24.5. The molecule has 1 aliphatic rings. The van der Waals surface area contributed by atoms with Crippen LogP contribution in [0.4, 0.5) is 23.7 Å². The molecule has 0 saturated carbocycles. The fourth-order valence-electron chi connectivity index (χ4n) is 3.54. The molecule has 176 valence electrons. The molecule has 0 radical (unpaired) electrons. The lowest BCUT2D eigenvalue weighted by Gasteiger charge is -2.38. The summed E-state index contributed by atoms with van der Waals surface area (Å²) in [6.07, 6.45) is -5.48. The predicted octanol–water partition coefficient (Wildman–Crippen LogP) is 3.28. The smallest absolute Gasteiger partial charge is 0.310 e. The molecule has 2 aromatic rings. The maximum absolute atomic E-state index is 13.4. The van der Waals surface area contributed by atoms with Gasteiger partial charge < -0.3 is 20.9 Å². The third kappa shape index (κ3) is 7.21. The maximum atomic E-state index is 13.4. The third-order valence-corrected chi connectivity index (χ3v) is 5.35. The van der Waals surface area contributed by atoms with Crippen molar-refractivity contribution in [1.29, 1.82) is 0 Å². The average molecular weight is 473 g/mol. The van der Waals surface area contributed by atoms with Crippen molar-refractivity contribution in [2.45, 2.75) is 37.5 Å². The molecule has 3 unspecified atom stereocenters. The maximum Gasteiger partial charge on any atom is 0.404 e. The van der Waals surface area contributed by atoms with E-state index in [0.717, 1.165) is 23.7 Å². The Morgan fingerprint density at radius 3 is 2.62 bits per heavy atom. The molecule has 2 amide bonds. The van der Waals surface area contributed by atoms with E-state index in [1.165, 1.54) is 0 Å². The van der Waals surface area contributed by atoms with Gasteiger partial charge in [0.25, 0.3) is 0 Å².